The van der Waals surface area contributed by atoms with Gasteiger partial charge in [0.1, 0.15) is 6.10 Å². The molecule has 0 saturated heterocycles. The van der Waals surface area contributed by atoms with Gasteiger partial charge >= 0.3 is 0 Å². The van der Waals surface area contributed by atoms with Crippen LogP contribution in [0.25, 0.3) is 0 Å². The van der Waals surface area contributed by atoms with E-state index in [9.17, 15) is 4.79 Å². The molecule has 1 aliphatic carbocycles. The molecule has 0 aromatic heterocycles. The van der Waals surface area contributed by atoms with Gasteiger partial charge in [0.05, 0.1) is 0 Å². The van der Waals surface area contributed by atoms with E-state index in [0.29, 0.717) is 6.61 Å². The number of ether oxygens (including phenoxy) is 1. The lowest BCUT2D eigenvalue weighted by molar-refractivity contribution is -0.119. The normalized spacial score (nSPS) is 22.7. The van der Waals surface area contributed by atoms with Crippen molar-refractivity contribution >= 4 is 6.29 Å². The maximum absolute atomic E-state index is 10.5. The van der Waals surface area contributed by atoms with Crippen LogP contribution in [0.4, 0.5) is 0 Å². The summed E-state index contributed by atoms with van der Waals surface area (Å²) >= 11 is 0. The molecule has 0 bridgehead atoms. The Morgan fingerprint density at radius 2 is 2.36 bits per heavy atom. The van der Waals surface area contributed by atoms with E-state index in [1.165, 1.54) is 0 Å². The van der Waals surface area contributed by atoms with Crippen molar-refractivity contribution in [3.8, 4) is 0 Å². The first-order chi connectivity index (χ1) is 5.23. The number of nitrogens with two attached hydrogens (primary N) is 1. The molecule has 1 unspecified atom stereocenters. The lowest BCUT2D eigenvalue weighted by Gasteiger charge is -2.17. The van der Waals surface area contributed by atoms with Gasteiger partial charge in [-0.1, -0.05) is 6.92 Å². The topological polar surface area (TPSA) is 52.3 Å². The summed E-state index contributed by atoms with van der Waals surface area (Å²) < 4.78 is 5.27. The predicted molar refractivity (Wildman–Crippen MR) is 42.2 cm³/mol. The molecule has 3 heteroatoms. The van der Waals surface area contributed by atoms with Crippen molar-refractivity contribution < 1.29 is 9.53 Å². The van der Waals surface area contributed by atoms with E-state index >= 15 is 0 Å². The van der Waals surface area contributed by atoms with E-state index in [1.807, 2.05) is 6.92 Å². The molecule has 64 valence electrons. The molecule has 3 nitrogen and oxygen atoms in total. The molecule has 0 aromatic carbocycles. The lowest BCUT2D eigenvalue weighted by atomic mass is 10.1. The minimum Gasteiger partial charge on any atom is -0.369 e. The van der Waals surface area contributed by atoms with Gasteiger partial charge in [0.25, 0.3) is 0 Å². The van der Waals surface area contributed by atoms with Gasteiger partial charge in [-0.3, -0.25) is 0 Å². The summed E-state index contributed by atoms with van der Waals surface area (Å²) in [6.07, 6.45) is 3.21. The number of carbonyl (C=O) groups is 1. The van der Waals surface area contributed by atoms with Crippen LogP contribution in [-0.4, -0.2) is 24.5 Å². The Kier molecular flexibility index (Phi) is 2.62. The van der Waals surface area contributed by atoms with Gasteiger partial charge in [0.15, 0.2) is 6.29 Å². The van der Waals surface area contributed by atoms with Gasteiger partial charge in [-0.15, -0.1) is 0 Å². The highest BCUT2D eigenvalue weighted by atomic mass is 16.5. The maximum atomic E-state index is 10.5. The third-order valence-electron chi connectivity index (χ3n) is 2.02. The SMILES string of the molecule is CCCOC(C=O)C1(N)CC1. The minimum absolute atomic E-state index is 0.322. The fourth-order valence-corrected chi connectivity index (χ4v) is 1.01. The van der Waals surface area contributed by atoms with E-state index in [0.717, 1.165) is 25.5 Å². The van der Waals surface area contributed by atoms with E-state index in [2.05, 4.69) is 0 Å². The average molecular weight is 157 g/mol. The zero-order valence-corrected chi connectivity index (χ0v) is 6.88. The fourth-order valence-electron chi connectivity index (χ4n) is 1.01. The van der Waals surface area contributed by atoms with Crippen LogP contribution in [0.1, 0.15) is 26.2 Å². The fraction of sp³-hybridized carbons (Fsp3) is 0.875. The predicted octanol–water partition coefficient (Wildman–Crippen LogP) is 0.472. The highest BCUT2D eigenvalue weighted by Crippen LogP contribution is 2.36. The van der Waals surface area contributed by atoms with Crippen molar-refractivity contribution in [1.29, 1.82) is 0 Å². The molecule has 0 amide bonds. The zero-order chi connectivity index (χ0) is 8.32. The van der Waals surface area contributed by atoms with Crippen LogP contribution >= 0.6 is 0 Å². The molecule has 1 atom stereocenters. The first-order valence-corrected chi connectivity index (χ1v) is 4.08. The molecule has 11 heavy (non-hydrogen) atoms. The summed E-state index contributed by atoms with van der Waals surface area (Å²) in [4.78, 5) is 10.5. The smallest absolute Gasteiger partial charge is 0.150 e. The molecule has 0 spiro atoms. The third-order valence-corrected chi connectivity index (χ3v) is 2.02. The monoisotopic (exact) mass is 157 g/mol. The van der Waals surface area contributed by atoms with Crippen molar-refractivity contribution in [3.05, 3.63) is 0 Å². The Morgan fingerprint density at radius 3 is 2.73 bits per heavy atom. The number of hydrogen-bond donors (Lipinski definition) is 1. The molecular formula is C8H15NO2. The van der Waals surface area contributed by atoms with Gasteiger partial charge in [0.2, 0.25) is 0 Å². The minimum atomic E-state index is -0.373. The van der Waals surface area contributed by atoms with E-state index in [4.69, 9.17) is 10.5 Å². The second-order valence-electron chi connectivity index (χ2n) is 3.16. The second-order valence-corrected chi connectivity index (χ2v) is 3.16. The maximum Gasteiger partial charge on any atom is 0.150 e. The first kappa shape index (κ1) is 8.68. The second kappa shape index (κ2) is 3.32. The summed E-state index contributed by atoms with van der Waals surface area (Å²) in [5.74, 6) is 0. The number of aldehydes is 1. The van der Waals surface area contributed by atoms with E-state index in [1.54, 1.807) is 0 Å². The largest absolute Gasteiger partial charge is 0.369 e. The highest BCUT2D eigenvalue weighted by molar-refractivity contribution is 5.60. The highest BCUT2D eigenvalue weighted by Gasteiger charge is 2.46. The summed E-state index contributed by atoms with van der Waals surface area (Å²) in [5.41, 5.74) is 5.46. The lowest BCUT2D eigenvalue weighted by Crippen LogP contribution is -2.40. The Morgan fingerprint density at radius 1 is 1.73 bits per heavy atom. The van der Waals surface area contributed by atoms with Gasteiger partial charge in [0, 0.05) is 12.1 Å². The molecule has 0 radical (unpaired) electrons. The summed E-state index contributed by atoms with van der Waals surface area (Å²) in [5, 5.41) is 0. The zero-order valence-electron chi connectivity index (χ0n) is 6.88. The molecule has 0 heterocycles. The van der Waals surface area contributed by atoms with Gasteiger partial charge in [-0.2, -0.15) is 0 Å². The molecule has 0 aliphatic heterocycles. The van der Waals surface area contributed by atoms with Crippen LogP contribution in [0.5, 0.6) is 0 Å². The standard InChI is InChI=1S/C8H15NO2/c1-2-5-11-7(6-10)8(9)3-4-8/h6-7H,2-5,9H2,1H3. The quantitative estimate of drug-likeness (QED) is 0.590. The van der Waals surface area contributed by atoms with E-state index < -0.39 is 0 Å². The Balaban J connectivity index is 2.31. The molecule has 1 saturated carbocycles. The van der Waals surface area contributed by atoms with Crippen LogP contribution in [0.15, 0.2) is 0 Å². The summed E-state index contributed by atoms with van der Waals surface area (Å²) in [6.45, 7) is 2.64. The van der Waals surface area contributed by atoms with Crippen LogP contribution in [0.2, 0.25) is 0 Å². The van der Waals surface area contributed by atoms with Crippen molar-refractivity contribution in [2.75, 3.05) is 6.61 Å². The number of hydrogen-bond acceptors (Lipinski definition) is 3. The first-order valence-electron chi connectivity index (χ1n) is 4.08. The van der Waals surface area contributed by atoms with Gasteiger partial charge < -0.3 is 15.3 Å². The number of carbonyl (C=O) groups excluding carboxylic acids is 1. The van der Waals surface area contributed by atoms with Crippen LogP contribution in [0.3, 0.4) is 0 Å². The summed E-state index contributed by atoms with van der Waals surface area (Å²) in [7, 11) is 0. The Hall–Kier alpha value is -0.410. The summed E-state index contributed by atoms with van der Waals surface area (Å²) in [6, 6.07) is 0. The Labute approximate surface area is 66.9 Å². The van der Waals surface area contributed by atoms with Crippen molar-refractivity contribution in [1.82, 2.24) is 0 Å². The van der Waals surface area contributed by atoms with Gasteiger partial charge in [-0.25, -0.2) is 0 Å². The van der Waals surface area contributed by atoms with Crippen molar-refractivity contribution in [3.63, 3.8) is 0 Å². The van der Waals surface area contributed by atoms with E-state index in [-0.39, 0.29) is 11.6 Å². The molecule has 1 rings (SSSR count). The molecule has 1 aliphatic rings. The average Bonchev–Trinajstić information content (AvgIpc) is 2.71. The van der Waals surface area contributed by atoms with Gasteiger partial charge in [-0.05, 0) is 19.3 Å². The Bertz CT molecular complexity index is 143. The van der Waals surface area contributed by atoms with Crippen LogP contribution in [0, 0.1) is 0 Å². The molecule has 1 fully saturated rings. The molecule has 0 aromatic rings. The van der Waals surface area contributed by atoms with Crippen LogP contribution in [-0.2, 0) is 9.53 Å². The van der Waals surface area contributed by atoms with Crippen LogP contribution < -0.4 is 5.73 Å². The molecule has 2 N–H and O–H groups in total. The number of rotatable bonds is 5. The third kappa shape index (κ3) is 2.01. The molecular weight excluding hydrogens is 142 g/mol. The van der Waals surface area contributed by atoms with Crippen molar-refractivity contribution in [2.24, 2.45) is 5.73 Å². The van der Waals surface area contributed by atoms with Crippen molar-refractivity contribution in [2.45, 2.75) is 37.8 Å².